The quantitative estimate of drug-likeness (QED) is 0.853. The van der Waals surface area contributed by atoms with Crippen LogP contribution in [0, 0.1) is 11.8 Å². The van der Waals surface area contributed by atoms with E-state index in [0.29, 0.717) is 17.6 Å². The molecule has 4 heteroatoms. The normalized spacial score (nSPS) is 23.3. The maximum Gasteiger partial charge on any atom is 0.162 e. The Morgan fingerprint density at radius 3 is 2.11 bits per heavy atom. The molecule has 0 bridgehead atoms. The van der Waals surface area contributed by atoms with Gasteiger partial charge in [-0.15, -0.1) is 0 Å². The lowest BCUT2D eigenvalue weighted by Gasteiger charge is -2.37. The molecule has 2 rings (SSSR count). The van der Waals surface area contributed by atoms with E-state index in [2.05, 4.69) is 18.7 Å². The van der Waals surface area contributed by atoms with Gasteiger partial charge in [-0.25, -0.2) is 0 Å². The molecule has 1 heterocycles. The smallest absolute Gasteiger partial charge is 0.162 e. The molecule has 0 spiro atoms. The molecule has 1 aliphatic rings. The Morgan fingerprint density at radius 2 is 1.58 bits per heavy atom. The van der Waals surface area contributed by atoms with Gasteiger partial charge in [-0.3, -0.25) is 0 Å². The van der Waals surface area contributed by atoms with Gasteiger partial charge in [0, 0.05) is 25.2 Å². The van der Waals surface area contributed by atoms with Crippen LogP contribution in [0.4, 0.5) is 11.4 Å². The van der Waals surface area contributed by atoms with E-state index < -0.39 is 0 Å². The van der Waals surface area contributed by atoms with Gasteiger partial charge in [-0.05, 0) is 18.3 Å². The molecule has 2 unspecified atom stereocenters. The largest absolute Gasteiger partial charge is 0.493 e. The predicted molar refractivity (Wildman–Crippen MR) is 79.1 cm³/mol. The lowest BCUT2D eigenvalue weighted by Crippen LogP contribution is -2.39. The number of nitrogens with zero attached hydrogens (tertiary/aromatic N) is 1. The molecule has 0 radical (unpaired) electrons. The highest BCUT2D eigenvalue weighted by Crippen LogP contribution is 2.38. The highest BCUT2D eigenvalue weighted by atomic mass is 16.5. The number of anilines is 2. The van der Waals surface area contributed by atoms with E-state index in [1.165, 1.54) is 6.42 Å². The number of ether oxygens (including phenoxy) is 2. The molecule has 1 aromatic carbocycles. The fourth-order valence-corrected chi connectivity index (χ4v) is 3.02. The zero-order valence-corrected chi connectivity index (χ0v) is 12.3. The van der Waals surface area contributed by atoms with Crippen molar-refractivity contribution in [3.05, 3.63) is 12.1 Å². The monoisotopic (exact) mass is 264 g/mol. The molecule has 19 heavy (non-hydrogen) atoms. The first kappa shape index (κ1) is 13.8. The Kier molecular flexibility index (Phi) is 4.08. The standard InChI is InChI=1S/C15H24N2O2/c1-10-5-11(2)9-17(8-10)13-7-15(19-4)14(18-3)6-12(13)16/h6-7,10-11H,5,8-9,16H2,1-4H3. The Bertz CT molecular complexity index is 438. The third kappa shape index (κ3) is 2.88. The van der Waals surface area contributed by atoms with Gasteiger partial charge < -0.3 is 20.1 Å². The summed E-state index contributed by atoms with van der Waals surface area (Å²) in [7, 11) is 3.28. The first-order valence-corrected chi connectivity index (χ1v) is 6.81. The molecule has 4 nitrogen and oxygen atoms in total. The fourth-order valence-electron chi connectivity index (χ4n) is 3.02. The van der Waals surface area contributed by atoms with Crippen molar-refractivity contribution in [1.82, 2.24) is 0 Å². The minimum Gasteiger partial charge on any atom is -0.493 e. The van der Waals surface area contributed by atoms with Crippen molar-refractivity contribution in [2.75, 3.05) is 37.9 Å². The van der Waals surface area contributed by atoms with Crippen LogP contribution in [0.3, 0.4) is 0 Å². The van der Waals surface area contributed by atoms with Crippen molar-refractivity contribution in [2.45, 2.75) is 20.3 Å². The Hall–Kier alpha value is -1.58. The number of piperidine rings is 1. The van der Waals surface area contributed by atoms with Crippen LogP contribution in [0.2, 0.25) is 0 Å². The summed E-state index contributed by atoms with van der Waals surface area (Å²) < 4.78 is 10.6. The highest BCUT2D eigenvalue weighted by molar-refractivity contribution is 5.73. The summed E-state index contributed by atoms with van der Waals surface area (Å²) in [5.74, 6) is 2.80. The van der Waals surface area contributed by atoms with E-state index in [1.54, 1.807) is 14.2 Å². The molecule has 1 aliphatic heterocycles. The third-order valence-electron chi connectivity index (χ3n) is 3.74. The molecule has 0 saturated carbocycles. The predicted octanol–water partition coefficient (Wildman–Crippen LogP) is 2.77. The lowest BCUT2D eigenvalue weighted by atomic mass is 9.91. The molecular weight excluding hydrogens is 240 g/mol. The zero-order valence-electron chi connectivity index (χ0n) is 12.3. The highest BCUT2D eigenvalue weighted by Gasteiger charge is 2.24. The molecule has 0 aliphatic carbocycles. The summed E-state index contributed by atoms with van der Waals surface area (Å²) in [4.78, 5) is 2.36. The zero-order chi connectivity index (χ0) is 14.0. The Labute approximate surface area is 115 Å². The molecular formula is C15H24N2O2. The van der Waals surface area contributed by atoms with Gasteiger partial charge in [-0.1, -0.05) is 13.8 Å². The maximum absolute atomic E-state index is 6.17. The Balaban J connectivity index is 2.33. The lowest BCUT2D eigenvalue weighted by molar-refractivity contribution is 0.350. The number of methoxy groups -OCH3 is 2. The van der Waals surface area contributed by atoms with Crippen molar-refractivity contribution >= 4 is 11.4 Å². The van der Waals surface area contributed by atoms with E-state index in [4.69, 9.17) is 15.2 Å². The Morgan fingerprint density at radius 1 is 1.05 bits per heavy atom. The average Bonchev–Trinajstić information content (AvgIpc) is 2.37. The average molecular weight is 264 g/mol. The summed E-state index contributed by atoms with van der Waals surface area (Å²) in [6.07, 6.45) is 1.28. The second kappa shape index (κ2) is 5.59. The maximum atomic E-state index is 6.17. The number of hydrogen-bond acceptors (Lipinski definition) is 4. The first-order valence-electron chi connectivity index (χ1n) is 6.81. The van der Waals surface area contributed by atoms with Gasteiger partial charge in [0.1, 0.15) is 0 Å². The van der Waals surface area contributed by atoms with E-state index in [9.17, 15) is 0 Å². The topological polar surface area (TPSA) is 47.7 Å². The molecule has 106 valence electrons. The molecule has 2 atom stereocenters. The third-order valence-corrected chi connectivity index (χ3v) is 3.74. The van der Waals surface area contributed by atoms with Crippen LogP contribution in [0.25, 0.3) is 0 Å². The number of benzene rings is 1. The van der Waals surface area contributed by atoms with Gasteiger partial charge in [-0.2, -0.15) is 0 Å². The van der Waals surface area contributed by atoms with Crippen LogP contribution >= 0.6 is 0 Å². The van der Waals surface area contributed by atoms with Gasteiger partial charge >= 0.3 is 0 Å². The van der Waals surface area contributed by atoms with Crippen molar-refractivity contribution in [3.8, 4) is 11.5 Å². The minimum atomic E-state index is 0.682. The summed E-state index contributed by atoms with van der Waals surface area (Å²) >= 11 is 0. The van der Waals surface area contributed by atoms with Gasteiger partial charge in [0.15, 0.2) is 11.5 Å². The second-order valence-corrected chi connectivity index (χ2v) is 5.62. The summed E-state index contributed by atoms with van der Waals surface area (Å²) in [5.41, 5.74) is 7.97. The van der Waals surface area contributed by atoms with E-state index in [1.807, 2.05) is 12.1 Å². The van der Waals surface area contributed by atoms with E-state index >= 15 is 0 Å². The van der Waals surface area contributed by atoms with Crippen LogP contribution in [-0.4, -0.2) is 27.3 Å². The van der Waals surface area contributed by atoms with Gasteiger partial charge in [0.2, 0.25) is 0 Å². The molecule has 0 amide bonds. The molecule has 1 fully saturated rings. The van der Waals surface area contributed by atoms with Crippen molar-refractivity contribution in [1.29, 1.82) is 0 Å². The van der Waals surface area contributed by atoms with Gasteiger partial charge in [0.25, 0.3) is 0 Å². The number of rotatable bonds is 3. The summed E-state index contributed by atoms with van der Waals surface area (Å²) in [6.45, 7) is 6.67. The minimum absolute atomic E-state index is 0.682. The molecule has 1 aromatic rings. The van der Waals surface area contributed by atoms with Crippen LogP contribution in [0.5, 0.6) is 11.5 Å². The van der Waals surface area contributed by atoms with Crippen molar-refractivity contribution < 1.29 is 9.47 Å². The number of nitrogen functional groups attached to an aromatic ring is 1. The van der Waals surface area contributed by atoms with E-state index in [0.717, 1.165) is 30.2 Å². The molecule has 0 aromatic heterocycles. The summed E-state index contributed by atoms with van der Waals surface area (Å²) in [5, 5.41) is 0. The SMILES string of the molecule is COc1cc(N)c(N2CC(C)CC(C)C2)cc1OC. The number of nitrogens with two attached hydrogens (primary N) is 1. The number of hydrogen-bond donors (Lipinski definition) is 1. The summed E-state index contributed by atoms with van der Waals surface area (Å²) in [6, 6.07) is 3.83. The van der Waals surface area contributed by atoms with Crippen molar-refractivity contribution in [2.24, 2.45) is 11.8 Å². The van der Waals surface area contributed by atoms with Gasteiger partial charge in [0.05, 0.1) is 25.6 Å². The molecule has 2 N–H and O–H groups in total. The first-order chi connectivity index (χ1) is 9.05. The van der Waals surface area contributed by atoms with Crippen LogP contribution in [0.1, 0.15) is 20.3 Å². The fraction of sp³-hybridized carbons (Fsp3) is 0.600. The molecule has 1 saturated heterocycles. The van der Waals surface area contributed by atoms with E-state index in [-0.39, 0.29) is 0 Å². The van der Waals surface area contributed by atoms with Crippen molar-refractivity contribution in [3.63, 3.8) is 0 Å². The second-order valence-electron chi connectivity index (χ2n) is 5.62. The van der Waals surface area contributed by atoms with Crippen LogP contribution < -0.4 is 20.1 Å². The van der Waals surface area contributed by atoms with Crippen LogP contribution in [0.15, 0.2) is 12.1 Å². The van der Waals surface area contributed by atoms with Crippen LogP contribution in [-0.2, 0) is 0 Å².